The fourth-order valence-corrected chi connectivity index (χ4v) is 5.68. The molecule has 0 saturated carbocycles. The molecular weight excluding hydrogens is 636 g/mol. The monoisotopic (exact) mass is 661 g/mol. The molecule has 3 aromatic carbocycles. The van der Waals surface area contributed by atoms with Crippen molar-refractivity contribution < 1.29 is 22.7 Å². The van der Waals surface area contributed by atoms with Crippen LogP contribution in [0.1, 0.15) is 36.5 Å². The molecule has 1 amide bonds. The zero-order chi connectivity index (χ0) is 33.0. The number of aliphatic imine (C=N–C) groups is 1. The SMILES string of the molecule is Cc1ccc(C(C)C)c(N2C(=O)CS/C2=N\C(=S)N/C(C#N)=C/c2ccc(-c3ncn(-c4ccc(OC(F)(F)F)cc4)n3)cc2)c1. The summed E-state index contributed by atoms with van der Waals surface area (Å²) in [7, 11) is 0. The molecule has 1 fully saturated rings. The van der Waals surface area contributed by atoms with Gasteiger partial charge in [0.1, 0.15) is 23.8 Å². The number of allylic oxidation sites excluding steroid dienone is 1. The van der Waals surface area contributed by atoms with E-state index in [9.17, 15) is 23.2 Å². The first-order chi connectivity index (χ1) is 21.9. The molecule has 0 bridgehead atoms. The van der Waals surface area contributed by atoms with Gasteiger partial charge in [-0.25, -0.2) is 9.67 Å². The smallest absolute Gasteiger partial charge is 0.406 e. The van der Waals surface area contributed by atoms with E-state index in [1.807, 2.05) is 25.1 Å². The second kappa shape index (κ2) is 13.6. The van der Waals surface area contributed by atoms with Crippen LogP contribution in [-0.2, 0) is 4.79 Å². The molecule has 14 heteroatoms. The van der Waals surface area contributed by atoms with Crippen molar-refractivity contribution in [2.75, 3.05) is 10.7 Å². The average molecular weight is 662 g/mol. The van der Waals surface area contributed by atoms with Gasteiger partial charge in [0.2, 0.25) is 5.91 Å². The lowest BCUT2D eigenvalue weighted by Gasteiger charge is -2.22. The van der Waals surface area contributed by atoms with Crippen molar-refractivity contribution in [3.05, 3.63) is 95.4 Å². The summed E-state index contributed by atoms with van der Waals surface area (Å²) in [5.74, 6) is 0.383. The number of halogens is 3. The Morgan fingerprint density at radius 3 is 2.52 bits per heavy atom. The number of ether oxygens (including phenoxy) is 1. The molecule has 2 heterocycles. The van der Waals surface area contributed by atoms with Crippen LogP contribution < -0.4 is 15.0 Å². The van der Waals surface area contributed by atoms with Crippen LogP contribution in [0.4, 0.5) is 18.9 Å². The Hall–Kier alpha value is -5.00. The lowest BCUT2D eigenvalue weighted by Crippen LogP contribution is -2.32. The molecule has 1 N–H and O–H groups in total. The van der Waals surface area contributed by atoms with Gasteiger partial charge in [0.05, 0.1) is 17.1 Å². The van der Waals surface area contributed by atoms with Crippen molar-refractivity contribution in [2.24, 2.45) is 4.99 Å². The van der Waals surface area contributed by atoms with Crippen molar-refractivity contribution in [2.45, 2.75) is 33.1 Å². The van der Waals surface area contributed by atoms with Gasteiger partial charge in [-0.3, -0.25) is 9.69 Å². The molecule has 0 unspecified atom stereocenters. The third-order valence-corrected chi connectivity index (χ3v) is 7.80. The molecule has 0 atom stereocenters. The summed E-state index contributed by atoms with van der Waals surface area (Å²) < 4.78 is 42.6. The van der Waals surface area contributed by atoms with Crippen LogP contribution >= 0.6 is 24.0 Å². The highest BCUT2D eigenvalue weighted by Gasteiger charge is 2.32. The predicted molar refractivity (Wildman–Crippen MR) is 175 cm³/mol. The summed E-state index contributed by atoms with van der Waals surface area (Å²) >= 11 is 6.73. The van der Waals surface area contributed by atoms with Gasteiger partial charge in [-0.05, 0) is 78.2 Å². The summed E-state index contributed by atoms with van der Waals surface area (Å²) in [5.41, 5.74) is 4.83. The summed E-state index contributed by atoms with van der Waals surface area (Å²) in [6.07, 6.45) is -1.72. The minimum atomic E-state index is -4.77. The van der Waals surface area contributed by atoms with Crippen LogP contribution in [0, 0.1) is 18.3 Å². The van der Waals surface area contributed by atoms with Gasteiger partial charge in [0, 0.05) is 5.56 Å². The number of nitrogens with zero attached hydrogens (tertiary/aromatic N) is 6. The topological polar surface area (TPSA) is 108 Å². The maximum absolute atomic E-state index is 12.9. The number of aromatic nitrogens is 3. The van der Waals surface area contributed by atoms with Crippen LogP contribution in [0.15, 0.2) is 83.7 Å². The van der Waals surface area contributed by atoms with Crippen molar-refractivity contribution >= 4 is 51.9 Å². The molecule has 234 valence electrons. The van der Waals surface area contributed by atoms with Gasteiger partial charge in [-0.1, -0.05) is 62.0 Å². The number of aryl methyl sites for hydroxylation is 1. The number of alkyl halides is 3. The Balaban J connectivity index is 1.28. The van der Waals surface area contributed by atoms with Gasteiger partial charge in [0.15, 0.2) is 16.1 Å². The molecule has 0 aliphatic carbocycles. The molecule has 1 aromatic heterocycles. The Labute approximate surface area is 272 Å². The first-order valence-corrected chi connectivity index (χ1v) is 15.3. The van der Waals surface area contributed by atoms with E-state index < -0.39 is 6.36 Å². The first-order valence-electron chi connectivity index (χ1n) is 13.9. The maximum atomic E-state index is 12.9. The number of nitrogens with one attached hydrogen (secondary N) is 1. The molecular formula is C32H26F3N7O2S2. The molecule has 0 spiro atoms. The second-order valence-corrected chi connectivity index (χ2v) is 11.7. The number of nitriles is 1. The molecule has 1 aliphatic heterocycles. The normalized spacial score (nSPS) is 14.6. The molecule has 9 nitrogen and oxygen atoms in total. The van der Waals surface area contributed by atoms with Crippen molar-refractivity contribution in [1.82, 2.24) is 20.1 Å². The molecule has 1 aliphatic rings. The molecule has 4 aromatic rings. The van der Waals surface area contributed by atoms with Gasteiger partial charge in [-0.2, -0.15) is 10.3 Å². The lowest BCUT2D eigenvalue weighted by molar-refractivity contribution is -0.274. The highest BCUT2D eigenvalue weighted by Crippen LogP contribution is 2.34. The number of benzene rings is 3. The fourth-order valence-electron chi connectivity index (χ4n) is 4.56. The fraction of sp³-hybridized carbons (Fsp3) is 0.188. The van der Waals surface area contributed by atoms with Crippen LogP contribution in [0.3, 0.4) is 0 Å². The van der Waals surface area contributed by atoms with E-state index in [-0.39, 0.29) is 34.1 Å². The van der Waals surface area contributed by atoms with Gasteiger partial charge in [0.25, 0.3) is 0 Å². The quantitative estimate of drug-likeness (QED) is 0.165. The molecule has 0 radical (unpaired) electrons. The minimum Gasteiger partial charge on any atom is -0.406 e. The van der Waals surface area contributed by atoms with Crippen LogP contribution in [0.2, 0.25) is 0 Å². The minimum absolute atomic E-state index is 0.0399. The summed E-state index contributed by atoms with van der Waals surface area (Å²) in [5, 5.41) is 17.5. The summed E-state index contributed by atoms with van der Waals surface area (Å²) in [4.78, 5) is 23.2. The molecule has 46 heavy (non-hydrogen) atoms. The number of thiocarbonyl (C=S) groups is 1. The standard InChI is InChI=1S/C32H26F3N7O2S2/c1-19(2)26-13-4-20(3)14-27(26)42-28(43)17-46-31(42)39-30(45)38-23(16-36)15-21-5-7-22(8-6-21)29-37-18-41(40-29)24-9-11-25(12-10-24)44-32(33,34)35/h4-15,18-19H,17H2,1-3H3,(H,38,45)/b23-15+,39-31-. The number of amides is 1. The van der Waals surface area contributed by atoms with E-state index in [1.54, 1.807) is 35.2 Å². The van der Waals surface area contributed by atoms with Crippen LogP contribution in [0.25, 0.3) is 23.2 Å². The Bertz CT molecular complexity index is 1880. The molecule has 5 rings (SSSR count). The van der Waals surface area contributed by atoms with Crippen molar-refractivity contribution in [3.63, 3.8) is 0 Å². The number of anilines is 1. The van der Waals surface area contributed by atoms with Gasteiger partial charge < -0.3 is 10.1 Å². The van der Waals surface area contributed by atoms with Crippen LogP contribution in [0.5, 0.6) is 5.75 Å². The Kier molecular flexibility index (Phi) is 9.54. The number of hydrogen-bond acceptors (Lipinski definition) is 7. The van der Waals surface area contributed by atoms with E-state index in [4.69, 9.17) is 12.2 Å². The van der Waals surface area contributed by atoms with Gasteiger partial charge in [-0.15, -0.1) is 18.3 Å². The third kappa shape index (κ3) is 7.79. The highest BCUT2D eigenvalue weighted by atomic mass is 32.2. The molecule has 1 saturated heterocycles. The summed E-state index contributed by atoms with van der Waals surface area (Å²) in [6, 6.07) is 20.4. The highest BCUT2D eigenvalue weighted by molar-refractivity contribution is 8.15. The lowest BCUT2D eigenvalue weighted by atomic mass is 9.99. The maximum Gasteiger partial charge on any atom is 0.573 e. The summed E-state index contributed by atoms with van der Waals surface area (Å²) in [6.45, 7) is 6.09. The first kappa shape index (κ1) is 32.4. The number of thioether (sulfide) groups is 1. The van der Waals surface area contributed by atoms with Crippen molar-refractivity contribution in [1.29, 1.82) is 5.26 Å². The Morgan fingerprint density at radius 2 is 1.87 bits per heavy atom. The van der Waals surface area contributed by atoms with Crippen molar-refractivity contribution in [3.8, 4) is 28.9 Å². The number of amidine groups is 1. The average Bonchev–Trinajstić information content (AvgIpc) is 3.63. The number of carbonyl (C=O) groups is 1. The second-order valence-electron chi connectivity index (χ2n) is 10.4. The predicted octanol–water partition coefficient (Wildman–Crippen LogP) is 7.14. The van der Waals surface area contributed by atoms with E-state index >= 15 is 0 Å². The zero-order valence-electron chi connectivity index (χ0n) is 24.7. The van der Waals surface area contributed by atoms with Gasteiger partial charge >= 0.3 is 6.36 Å². The van der Waals surface area contributed by atoms with E-state index in [2.05, 4.69) is 45.0 Å². The third-order valence-electron chi connectivity index (χ3n) is 6.68. The largest absolute Gasteiger partial charge is 0.573 e. The number of carbonyl (C=O) groups excluding carboxylic acids is 1. The number of hydrogen-bond donors (Lipinski definition) is 1. The van der Waals surface area contributed by atoms with E-state index in [0.717, 1.165) is 16.8 Å². The van der Waals surface area contributed by atoms with E-state index in [0.29, 0.717) is 27.8 Å². The van der Waals surface area contributed by atoms with E-state index in [1.165, 1.54) is 47.0 Å². The Morgan fingerprint density at radius 1 is 1.15 bits per heavy atom. The number of rotatable bonds is 7. The van der Waals surface area contributed by atoms with Crippen LogP contribution in [-0.4, -0.2) is 43.1 Å². The zero-order valence-corrected chi connectivity index (χ0v) is 26.4.